The molecule has 0 unspecified atom stereocenters. The third-order valence-electron chi connectivity index (χ3n) is 7.33. The summed E-state index contributed by atoms with van der Waals surface area (Å²) < 4.78 is 30.2. The van der Waals surface area contributed by atoms with Crippen molar-refractivity contribution in [3.63, 3.8) is 0 Å². The number of benzene rings is 3. The molecule has 0 aliphatic carbocycles. The van der Waals surface area contributed by atoms with Crippen LogP contribution in [0.4, 0.5) is 16.4 Å². The molecule has 2 aromatic heterocycles. The van der Waals surface area contributed by atoms with Crippen LogP contribution >= 0.6 is 11.3 Å². The second-order valence-corrected chi connectivity index (χ2v) is 12.5. The lowest BCUT2D eigenvalue weighted by Crippen LogP contribution is -2.50. The van der Waals surface area contributed by atoms with E-state index < -0.39 is 21.9 Å². The maximum absolute atomic E-state index is 14.4. The van der Waals surface area contributed by atoms with Crippen LogP contribution in [0.2, 0.25) is 0 Å². The zero-order valence-electron chi connectivity index (χ0n) is 21.8. The standard InChI is InChI=1S/C31H22N4O4S2/c1-19-7-10-24(11-8-19)41(38,39)35-27-12-9-22(32-2)16-26(27)28(25-13-14-40-30(25)33-3)29(35)20-5-4-6-23(15-20)34-17-21(18-34)31(36)37/h4-16,21H,17-18H2,1H3,(H,36,37). The normalized spacial score (nSPS) is 13.5. The van der Waals surface area contributed by atoms with Gasteiger partial charge >= 0.3 is 5.97 Å². The number of carbonyl (C=O) groups is 1. The first kappa shape index (κ1) is 26.3. The third kappa shape index (κ3) is 4.34. The molecule has 3 aromatic carbocycles. The molecule has 3 heterocycles. The Labute approximate surface area is 241 Å². The molecule has 0 radical (unpaired) electrons. The number of aromatic nitrogens is 1. The first-order valence-corrected chi connectivity index (χ1v) is 15.0. The van der Waals surface area contributed by atoms with Gasteiger partial charge in [-0.15, -0.1) is 0 Å². The van der Waals surface area contributed by atoms with Crippen LogP contribution in [-0.4, -0.2) is 36.6 Å². The van der Waals surface area contributed by atoms with E-state index in [4.69, 9.17) is 13.1 Å². The molecule has 0 saturated carbocycles. The van der Waals surface area contributed by atoms with Gasteiger partial charge in [0.25, 0.3) is 10.0 Å². The number of rotatable bonds is 6. The molecular weight excluding hydrogens is 556 g/mol. The van der Waals surface area contributed by atoms with E-state index in [1.54, 1.807) is 53.9 Å². The highest BCUT2D eigenvalue weighted by Gasteiger charge is 2.34. The maximum Gasteiger partial charge on any atom is 0.310 e. The Bertz CT molecular complexity index is 2040. The van der Waals surface area contributed by atoms with Gasteiger partial charge < -0.3 is 10.0 Å². The molecule has 0 atom stereocenters. The van der Waals surface area contributed by atoms with Crippen LogP contribution in [-0.2, 0) is 14.8 Å². The number of nitrogens with zero attached hydrogens (tertiary/aromatic N) is 4. The van der Waals surface area contributed by atoms with Crippen LogP contribution in [0.1, 0.15) is 5.56 Å². The van der Waals surface area contributed by atoms with E-state index in [0.717, 1.165) is 11.3 Å². The average molecular weight is 579 g/mol. The monoisotopic (exact) mass is 578 g/mol. The minimum atomic E-state index is -4.14. The molecule has 0 spiro atoms. The van der Waals surface area contributed by atoms with Gasteiger partial charge in [0.1, 0.15) is 0 Å². The summed E-state index contributed by atoms with van der Waals surface area (Å²) in [5.41, 5.74) is 4.55. The van der Waals surface area contributed by atoms with Crippen molar-refractivity contribution in [1.29, 1.82) is 0 Å². The van der Waals surface area contributed by atoms with Crippen molar-refractivity contribution in [2.45, 2.75) is 11.8 Å². The van der Waals surface area contributed by atoms with Crippen molar-refractivity contribution in [3.05, 3.63) is 107 Å². The summed E-state index contributed by atoms with van der Waals surface area (Å²) in [7, 11) is -4.14. The Morgan fingerprint density at radius 1 is 1.00 bits per heavy atom. The molecule has 0 bridgehead atoms. The van der Waals surface area contributed by atoms with Gasteiger partial charge in [0.15, 0.2) is 5.69 Å². The minimum Gasteiger partial charge on any atom is -0.481 e. The summed E-state index contributed by atoms with van der Waals surface area (Å²) in [4.78, 5) is 20.7. The van der Waals surface area contributed by atoms with Crippen LogP contribution in [0.25, 0.3) is 43.0 Å². The predicted molar refractivity (Wildman–Crippen MR) is 160 cm³/mol. The van der Waals surface area contributed by atoms with Crippen LogP contribution in [0, 0.1) is 26.0 Å². The summed E-state index contributed by atoms with van der Waals surface area (Å²) >= 11 is 1.27. The summed E-state index contributed by atoms with van der Waals surface area (Å²) in [5.74, 6) is -1.30. The number of aliphatic carboxylic acids is 1. The van der Waals surface area contributed by atoms with E-state index in [9.17, 15) is 18.3 Å². The van der Waals surface area contributed by atoms with Crippen molar-refractivity contribution in [1.82, 2.24) is 3.97 Å². The molecule has 1 saturated heterocycles. The Morgan fingerprint density at radius 2 is 1.76 bits per heavy atom. The number of anilines is 1. The van der Waals surface area contributed by atoms with E-state index in [-0.39, 0.29) is 4.90 Å². The topological polar surface area (TPSA) is 88.3 Å². The third-order valence-corrected chi connectivity index (χ3v) is 9.86. The molecule has 10 heteroatoms. The second kappa shape index (κ2) is 9.93. The first-order chi connectivity index (χ1) is 19.7. The number of carboxylic acid groups (broad SMARTS) is 1. The number of hydrogen-bond acceptors (Lipinski definition) is 5. The van der Waals surface area contributed by atoms with Crippen molar-refractivity contribution in [3.8, 4) is 22.4 Å². The smallest absolute Gasteiger partial charge is 0.310 e. The van der Waals surface area contributed by atoms with Gasteiger partial charge in [-0.05, 0) is 54.1 Å². The van der Waals surface area contributed by atoms with Gasteiger partial charge in [-0.2, -0.15) is 11.3 Å². The fraction of sp³-hybridized carbons (Fsp3) is 0.129. The number of aryl methyl sites for hydroxylation is 1. The maximum atomic E-state index is 14.4. The predicted octanol–water partition coefficient (Wildman–Crippen LogP) is 7.20. The molecule has 6 rings (SSSR count). The van der Waals surface area contributed by atoms with Crippen molar-refractivity contribution < 1.29 is 18.3 Å². The molecule has 1 aliphatic rings. The van der Waals surface area contributed by atoms with Gasteiger partial charge in [0, 0.05) is 35.5 Å². The average Bonchev–Trinajstić information content (AvgIpc) is 3.54. The van der Waals surface area contributed by atoms with Crippen LogP contribution in [0.5, 0.6) is 0 Å². The van der Waals surface area contributed by atoms with Crippen LogP contribution in [0.3, 0.4) is 0 Å². The molecule has 41 heavy (non-hydrogen) atoms. The Morgan fingerprint density at radius 3 is 2.44 bits per heavy atom. The molecule has 1 N–H and O–H groups in total. The number of fused-ring (bicyclic) bond motifs is 1. The summed E-state index contributed by atoms with van der Waals surface area (Å²) in [6, 6.07) is 20.7. The summed E-state index contributed by atoms with van der Waals surface area (Å²) in [6.07, 6.45) is 0. The van der Waals surface area contributed by atoms with Gasteiger partial charge in [0.05, 0.1) is 35.2 Å². The second-order valence-electron chi connectivity index (χ2n) is 9.86. The molecule has 1 aliphatic heterocycles. The molecule has 1 fully saturated rings. The van der Waals surface area contributed by atoms with Crippen molar-refractivity contribution in [2.75, 3.05) is 18.0 Å². The Balaban J connectivity index is 1.69. The van der Waals surface area contributed by atoms with E-state index >= 15 is 0 Å². The van der Waals surface area contributed by atoms with Crippen LogP contribution < -0.4 is 4.90 Å². The van der Waals surface area contributed by atoms with Gasteiger partial charge in [-0.1, -0.05) is 42.0 Å². The van der Waals surface area contributed by atoms with Crippen molar-refractivity contribution in [2.24, 2.45) is 5.92 Å². The first-order valence-electron chi connectivity index (χ1n) is 12.6. The fourth-order valence-corrected chi connectivity index (χ4v) is 7.42. The number of carboxylic acids is 1. The zero-order chi connectivity index (χ0) is 28.9. The highest BCUT2D eigenvalue weighted by molar-refractivity contribution is 7.90. The highest BCUT2D eigenvalue weighted by atomic mass is 32.2. The quantitative estimate of drug-likeness (QED) is 0.215. The minimum absolute atomic E-state index is 0.112. The summed E-state index contributed by atoms with van der Waals surface area (Å²) in [6.45, 7) is 18.0. The molecule has 0 amide bonds. The van der Waals surface area contributed by atoms with Gasteiger partial charge in [-0.3, -0.25) is 4.79 Å². The van der Waals surface area contributed by atoms with Crippen molar-refractivity contribution >= 4 is 54.6 Å². The van der Waals surface area contributed by atoms with Gasteiger partial charge in [0.2, 0.25) is 5.00 Å². The summed E-state index contributed by atoms with van der Waals surface area (Å²) in [5, 5.41) is 12.1. The van der Waals surface area contributed by atoms with E-state index in [1.807, 2.05) is 36.1 Å². The Kier molecular flexibility index (Phi) is 6.38. The molecule has 5 aromatic rings. The lowest BCUT2D eigenvalue weighted by molar-refractivity contribution is -0.142. The lowest BCUT2D eigenvalue weighted by atomic mass is 9.97. The lowest BCUT2D eigenvalue weighted by Gasteiger charge is -2.38. The van der Waals surface area contributed by atoms with Gasteiger partial charge in [-0.25, -0.2) is 22.1 Å². The van der Waals surface area contributed by atoms with E-state index in [2.05, 4.69) is 9.69 Å². The van der Waals surface area contributed by atoms with E-state index in [1.165, 1.54) is 15.3 Å². The molecule has 8 nitrogen and oxygen atoms in total. The SMILES string of the molecule is [C-]#[N+]c1ccc2c(c1)c(-c1ccsc1[N+]#[C-])c(-c1cccc(N3CC(C(=O)O)C3)c1)n2S(=O)(=O)c1ccc(C)cc1. The molecular formula is C31H22N4O4S2. The number of thiophene rings is 1. The number of hydrogen-bond donors (Lipinski definition) is 1. The Hall–Kier alpha value is -4.90. The molecule has 202 valence electrons. The largest absolute Gasteiger partial charge is 0.481 e. The van der Waals surface area contributed by atoms with Crippen LogP contribution in [0.15, 0.2) is 83.1 Å². The fourth-order valence-electron chi connectivity index (χ4n) is 5.19. The van der Waals surface area contributed by atoms with E-state index in [0.29, 0.717) is 57.1 Å². The zero-order valence-corrected chi connectivity index (χ0v) is 23.4. The highest BCUT2D eigenvalue weighted by Crippen LogP contribution is 2.48.